The molecule has 160 valence electrons. The molecule has 31 heavy (non-hydrogen) atoms. The van der Waals surface area contributed by atoms with Gasteiger partial charge >= 0.3 is 12.2 Å². The van der Waals surface area contributed by atoms with Gasteiger partial charge < -0.3 is 9.47 Å². The van der Waals surface area contributed by atoms with E-state index < -0.39 is 12.2 Å². The Labute approximate surface area is 183 Å². The van der Waals surface area contributed by atoms with Crippen molar-refractivity contribution in [3.05, 3.63) is 66.2 Å². The van der Waals surface area contributed by atoms with Crippen LogP contribution in [0.15, 0.2) is 70.9 Å². The maximum atomic E-state index is 12.6. The van der Waals surface area contributed by atoms with Gasteiger partial charge in [0.05, 0.1) is 20.4 Å². The van der Waals surface area contributed by atoms with Crippen molar-refractivity contribution in [3.63, 3.8) is 0 Å². The molecule has 2 aromatic carbocycles. The predicted octanol–water partition coefficient (Wildman–Crippen LogP) is 4.00. The van der Waals surface area contributed by atoms with Gasteiger partial charge in [0.25, 0.3) is 0 Å². The summed E-state index contributed by atoms with van der Waals surface area (Å²) in [5.41, 5.74) is 4.37. The Kier molecular flexibility index (Phi) is 7.28. The van der Waals surface area contributed by atoms with Crippen molar-refractivity contribution in [3.8, 4) is 11.3 Å². The smallest absolute Gasteiger partial charge is 0.434 e. The molecule has 1 N–H and O–H groups in total. The molecule has 0 saturated heterocycles. The fourth-order valence-corrected chi connectivity index (χ4v) is 3.18. The monoisotopic (exact) mass is 439 g/mol. The SMILES string of the molecule is COC(=O)NN(C(=O)OC)c1c(-c2ccccc2)nc(SC)n1/N=C/c1ccccc1. The summed E-state index contributed by atoms with van der Waals surface area (Å²) in [6.07, 6.45) is 1.78. The Morgan fingerprint density at radius 2 is 1.71 bits per heavy atom. The number of amides is 2. The lowest BCUT2D eigenvalue weighted by atomic mass is 10.1. The second-order valence-corrected chi connectivity index (χ2v) is 6.79. The first-order valence-corrected chi connectivity index (χ1v) is 10.4. The van der Waals surface area contributed by atoms with Crippen LogP contribution in [0, 0.1) is 0 Å². The summed E-state index contributed by atoms with van der Waals surface area (Å²) in [7, 11) is 2.40. The Hall–Kier alpha value is -3.79. The van der Waals surface area contributed by atoms with Crippen LogP contribution in [0.1, 0.15) is 5.56 Å². The van der Waals surface area contributed by atoms with Crippen LogP contribution in [-0.2, 0) is 9.47 Å². The number of carbonyl (C=O) groups excluding carboxylic acids is 2. The Morgan fingerprint density at radius 1 is 1.06 bits per heavy atom. The molecule has 0 aliphatic heterocycles. The quantitative estimate of drug-likeness (QED) is 0.367. The van der Waals surface area contributed by atoms with Gasteiger partial charge in [0.15, 0.2) is 11.0 Å². The van der Waals surface area contributed by atoms with Crippen molar-refractivity contribution >= 4 is 36.0 Å². The standard InChI is InChI=1S/C21H21N5O4S/c1-29-20(27)24-26(21(28)30-2)18-17(16-12-8-5-9-13-16)23-19(31-3)25(18)22-14-15-10-6-4-7-11-15/h4-14H,1-3H3,(H,24,27)/b22-14+. The molecule has 0 saturated carbocycles. The summed E-state index contributed by atoms with van der Waals surface area (Å²) in [5, 5.41) is 5.95. The molecular formula is C21H21N5O4S. The number of benzene rings is 2. The number of hydrogen-bond donors (Lipinski definition) is 1. The van der Waals surface area contributed by atoms with Crippen LogP contribution in [-0.4, -0.2) is 48.5 Å². The van der Waals surface area contributed by atoms with Gasteiger partial charge in [-0.15, -0.1) is 0 Å². The minimum absolute atomic E-state index is 0.194. The zero-order chi connectivity index (χ0) is 22.2. The van der Waals surface area contributed by atoms with Crippen molar-refractivity contribution in [2.45, 2.75) is 5.16 Å². The van der Waals surface area contributed by atoms with E-state index in [1.54, 1.807) is 6.21 Å². The maximum absolute atomic E-state index is 12.6. The number of methoxy groups -OCH3 is 2. The van der Waals surface area contributed by atoms with Gasteiger partial charge in [-0.05, 0) is 11.8 Å². The van der Waals surface area contributed by atoms with Gasteiger partial charge in [-0.3, -0.25) is 0 Å². The molecule has 0 aliphatic carbocycles. The highest BCUT2D eigenvalue weighted by Gasteiger charge is 2.30. The van der Waals surface area contributed by atoms with Crippen LogP contribution >= 0.6 is 11.8 Å². The molecule has 0 bridgehead atoms. The van der Waals surface area contributed by atoms with Crippen LogP contribution < -0.4 is 10.4 Å². The second kappa shape index (κ2) is 10.3. The summed E-state index contributed by atoms with van der Waals surface area (Å²) in [6, 6.07) is 18.7. The molecule has 3 rings (SSSR count). The third-order valence-electron chi connectivity index (χ3n) is 4.11. The summed E-state index contributed by atoms with van der Waals surface area (Å²) < 4.78 is 11.0. The third-order valence-corrected chi connectivity index (χ3v) is 4.74. The molecule has 1 heterocycles. The van der Waals surface area contributed by atoms with Gasteiger partial charge in [-0.1, -0.05) is 72.4 Å². The van der Waals surface area contributed by atoms with Crippen LogP contribution in [0.3, 0.4) is 0 Å². The van der Waals surface area contributed by atoms with E-state index in [1.807, 2.05) is 66.9 Å². The lowest BCUT2D eigenvalue weighted by Gasteiger charge is -2.22. The van der Waals surface area contributed by atoms with Gasteiger partial charge in [0.1, 0.15) is 5.69 Å². The number of nitrogens with zero attached hydrogens (tertiary/aromatic N) is 4. The van der Waals surface area contributed by atoms with Gasteiger partial charge in [-0.25, -0.2) is 20.0 Å². The van der Waals surface area contributed by atoms with E-state index in [1.165, 1.54) is 30.7 Å². The molecule has 0 fully saturated rings. The van der Waals surface area contributed by atoms with E-state index in [2.05, 4.69) is 20.2 Å². The van der Waals surface area contributed by atoms with Crippen molar-refractivity contribution in [1.29, 1.82) is 0 Å². The maximum Gasteiger partial charge on any atom is 0.434 e. The third kappa shape index (κ3) is 5.04. The second-order valence-electron chi connectivity index (χ2n) is 6.01. The van der Waals surface area contributed by atoms with E-state index in [9.17, 15) is 9.59 Å². The number of imidazole rings is 1. The Balaban J connectivity index is 2.22. The minimum Gasteiger partial charge on any atom is -0.452 e. The average molecular weight is 439 g/mol. The zero-order valence-corrected chi connectivity index (χ0v) is 18.0. The average Bonchev–Trinajstić information content (AvgIpc) is 3.19. The first-order chi connectivity index (χ1) is 15.1. The molecule has 0 spiro atoms. The van der Waals surface area contributed by atoms with E-state index in [0.717, 1.165) is 16.1 Å². The molecule has 3 aromatic rings. The van der Waals surface area contributed by atoms with Crippen molar-refractivity contribution < 1.29 is 19.1 Å². The van der Waals surface area contributed by atoms with E-state index in [0.29, 0.717) is 10.9 Å². The highest BCUT2D eigenvalue weighted by atomic mass is 32.2. The number of ether oxygens (including phenoxy) is 2. The number of thioether (sulfide) groups is 1. The molecule has 0 aliphatic rings. The molecule has 10 heteroatoms. The molecule has 9 nitrogen and oxygen atoms in total. The highest BCUT2D eigenvalue weighted by molar-refractivity contribution is 7.98. The van der Waals surface area contributed by atoms with E-state index >= 15 is 0 Å². The zero-order valence-electron chi connectivity index (χ0n) is 17.2. The normalized spacial score (nSPS) is 10.7. The Bertz CT molecular complexity index is 1070. The lowest BCUT2D eigenvalue weighted by Crippen LogP contribution is -2.47. The predicted molar refractivity (Wildman–Crippen MR) is 119 cm³/mol. The number of hydrazine groups is 1. The number of nitrogens with one attached hydrogen (secondary N) is 1. The summed E-state index contributed by atoms with van der Waals surface area (Å²) >= 11 is 1.34. The van der Waals surface area contributed by atoms with Gasteiger partial charge in [-0.2, -0.15) is 14.8 Å². The molecule has 2 amide bonds. The fourth-order valence-electron chi connectivity index (χ4n) is 2.69. The topological polar surface area (TPSA) is 98.0 Å². The molecule has 0 atom stereocenters. The molecule has 0 radical (unpaired) electrons. The number of carbonyl (C=O) groups is 2. The number of aromatic nitrogens is 2. The van der Waals surface area contributed by atoms with Crippen LogP contribution in [0.25, 0.3) is 11.3 Å². The van der Waals surface area contributed by atoms with E-state index in [-0.39, 0.29) is 5.82 Å². The number of hydrogen-bond acceptors (Lipinski definition) is 7. The van der Waals surface area contributed by atoms with Crippen LogP contribution in [0.4, 0.5) is 15.4 Å². The number of anilines is 1. The molecule has 1 aromatic heterocycles. The lowest BCUT2D eigenvalue weighted by molar-refractivity contribution is 0.157. The first-order valence-electron chi connectivity index (χ1n) is 9.13. The molecule has 0 unspecified atom stereocenters. The van der Waals surface area contributed by atoms with Gasteiger partial charge in [0, 0.05) is 5.56 Å². The number of rotatable bonds is 5. The highest BCUT2D eigenvalue weighted by Crippen LogP contribution is 2.34. The Morgan fingerprint density at radius 3 is 2.29 bits per heavy atom. The summed E-state index contributed by atoms with van der Waals surface area (Å²) in [6.45, 7) is 0. The summed E-state index contributed by atoms with van der Waals surface area (Å²) in [4.78, 5) is 29.2. The minimum atomic E-state index is -0.852. The fraction of sp³-hybridized carbons (Fsp3) is 0.143. The first kappa shape index (κ1) is 21.9. The van der Waals surface area contributed by atoms with Crippen molar-refractivity contribution in [1.82, 2.24) is 15.1 Å². The summed E-state index contributed by atoms with van der Waals surface area (Å²) in [5.74, 6) is 0.194. The molecular weight excluding hydrogens is 418 g/mol. The van der Waals surface area contributed by atoms with Crippen molar-refractivity contribution in [2.24, 2.45) is 5.10 Å². The van der Waals surface area contributed by atoms with Crippen molar-refractivity contribution in [2.75, 3.05) is 25.5 Å². The largest absolute Gasteiger partial charge is 0.452 e. The van der Waals surface area contributed by atoms with Crippen LogP contribution in [0.2, 0.25) is 0 Å². The van der Waals surface area contributed by atoms with E-state index in [4.69, 9.17) is 4.74 Å². The van der Waals surface area contributed by atoms with Gasteiger partial charge in [0.2, 0.25) is 0 Å². The van der Waals surface area contributed by atoms with Crippen LogP contribution in [0.5, 0.6) is 0 Å².